The number of benzene rings is 3. The van der Waals surface area contributed by atoms with E-state index in [2.05, 4.69) is 22.0 Å². The molecule has 3 rings (SSSR count). The first-order chi connectivity index (χ1) is 8.81. The normalized spacial score (nSPS) is 10.8. The van der Waals surface area contributed by atoms with E-state index in [1.165, 1.54) is 0 Å². The zero-order valence-electron chi connectivity index (χ0n) is 9.43. The summed E-state index contributed by atoms with van der Waals surface area (Å²) in [4.78, 5) is 0. The fourth-order valence-electron chi connectivity index (χ4n) is 2.22. The van der Waals surface area contributed by atoms with Gasteiger partial charge in [-0.05, 0) is 28.3 Å². The molecule has 0 aliphatic carbocycles. The topological polar surface area (TPSA) is 29.5 Å². The van der Waals surface area contributed by atoms with Crippen LogP contribution in [0.4, 0.5) is 0 Å². The summed E-state index contributed by atoms with van der Waals surface area (Å²) in [5.74, 6) is 0.650. The molecule has 1 N–H and O–H groups in total. The lowest BCUT2D eigenvalue weighted by atomic mass is 10.0. The van der Waals surface area contributed by atoms with Crippen LogP contribution in [0.1, 0.15) is 0 Å². The molecule has 2 nitrogen and oxygen atoms in total. The monoisotopic (exact) mass is 299 g/mol. The van der Waals surface area contributed by atoms with Gasteiger partial charge >= 0.3 is 7.69 Å². The Bertz CT molecular complexity index is 727. The fourth-order valence-corrected chi connectivity index (χ4v) is 2.72. The molecular formula is C14H9BBrO2. The van der Waals surface area contributed by atoms with E-state index in [0.29, 0.717) is 13.4 Å². The van der Waals surface area contributed by atoms with Crippen molar-refractivity contribution in [2.45, 2.75) is 0 Å². The second-order valence-corrected chi connectivity index (χ2v) is 4.83. The molecule has 0 heterocycles. The molecule has 18 heavy (non-hydrogen) atoms. The Hall–Kier alpha value is -1.52. The van der Waals surface area contributed by atoms with Gasteiger partial charge in [0.05, 0.1) is 0 Å². The smallest absolute Gasteiger partial charge is 0.537 e. The Morgan fingerprint density at radius 1 is 0.833 bits per heavy atom. The van der Waals surface area contributed by atoms with Gasteiger partial charge in [-0.15, -0.1) is 0 Å². The lowest BCUT2D eigenvalue weighted by Crippen LogP contribution is -2.00. The van der Waals surface area contributed by atoms with Crippen LogP contribution in [0.2, 0.25) is 0 Å². The average molecular weight is 300 g/mol. The first-order valence-electron chi connectivity index (χ1n) is 5.54. The van der Waals surface area contributed by atoms with Gasteiger partial charge in [-0.25, -0.2) is 0 Å². The minimum absolute atomic E-state index is 0.650. The van der Waals surface area contributed by atoms with Crippen LogP contribution in [0.15, 0.2) is 53.0 Å². The highest BCUT2D eigenvalue weighted by Gasteiger charge is 2.07. The number of hydrogen-bond acceptors (Lipinski definition) is 2. The number of halogens is 1. The predicted molar refractivity (Wildman–Crippen MR) is 77.8 cm³/mol. The molecule has 1 radical (unpaired) electrons. The minimum atomic E-state index is 0.650. The largest absolute Gasteiger partial charge is 0.569 e. The summed E-state index contributed by atoms with van der Waals surface area (Å²) in [6, 6.07) is 16.0. The van der Waals surface area contributed by atoms with Crippen molar-refractivity contribution in [3.63, 3.8) is 0 Å². The maximum absolute atomic E-state index is 8.78. The van der Waals surface area contributed by atoms with Crippen molar-refractivity contribution in [3.05, 3.63) is 53.0 Å². The van der Waals surface area contributed by atoms with E-state index in [4.69, 9.17) is 9.68 Å². The minimum Gasteiger partial charge on any atom is -0.537 e. The average Bonchev–Trinajstić information content (AvgIpc) is 2.40. The number of hydrogen-bond donors (Lipinski definition) is 1. The highest BCUT2D eigenvalue weighted by Crippen LogP contribution is 2.34. The van der Waals surface area contributed by atoms with Gasteiger partial charge in [-0.3, -0.25) is 0 Å². The van der Waals surface area contributed by atoms with Gasteiger partial charge in [0.1, 0.15) is 5.75 Å². The third-order valence-electron chi connectivity index (χ3n) is 3.01. The molecule has 0 aromatic heterocycles. The Kier molecular flexibility index (Phi) is 2.98. The van der Waals surface area contributed by atoms with Gasteiger partial charge in [0.25, 0.3) is 0 Å². The molecule has 4 heteroatoms. The van der Waals surface area contributed by atoms with Crippen LogP contribution in [0.3, 0.4) is 0 Å². The molecule has 3 aromatic rings. The van der Waals surface area contributed by atoms with Crippen molar-refractivity contribution in [1.82, 2.24) is 0 Å². The van der Waals surface area contributed by atoms with Gasteiger partial charge in [0, 0.05) is 9.86 Å². The summed E-state index contributed by atoms with van der Waals surface area (Å²) in [7, 11) is 0.708. The molecule has 0 unspecified atom stereocenters. The Balaban J connectivity index is 2.42. The maximum atomic E-state index is 8.78. The van der Waals surface area contributed by atoms with Gasteiger partial charge < -0.3 is 9.68 Å². The second kappa shape index (κ2) is 4.63. The van der Waals surface area contributed by atoms with Gasteiger partial charge in [0.15, 0.2) is 0 Å². The van der Waals surface area contributed by atoms with Crippen LogP contribution in [-0.2, 0) is 0 Å². The van der Waals surface area contributed by atoms with Crippen molar-refractivity contribution in [1.29, 1.82) is 0 Å². The molecular weight excluding hydrogens is 291 g/mol. The van der Waals surface area contributed by atoms with E-state index in [1.54, 1.807) is 0 Å². The van der Waals surface area contributed by atoms with E-state index in [9.17, 15) is 0 Å². The van der Waals surface area contributed by atoms with E-state index in [0.717, 1.165) is 26.0 Å². The number of fused-ring (bicyclic) bond motifs is 3. The zero-order chi connectivity index (χ0) is 12.5. The summed E-state index contributed by atoms with van der Waals surface area (Å²) in [6.07, 6.45) is 0. The summed E-state index contributed by atoms with van der Waals surface area (Å²) in [6.45, 7) is 0. The summed E-state index contributed by atoms with van der Waals surface area (Å²) in [5, 5.41) is 13.2. The maximum Gasteiger partial charge on any atom is 0.569 e. The molecule has 0 spiro atoms. The first kappa shape index (κ1) is 11.6. The Morgan fingerprint density at radius 3 is 2.28 bits per heavy atom. The summed E-state index contributed by atoms with van der Waals surface area (Å²) >= 11 is 3.55. The molecule has 0 bridgehead atoms. The molecule has 0 aliphatic rings. The fraction of sp³-hybridized carbons (Fsp3) is 0. The van der Waals surface area contributed by atoms with Crippen molar-refractivity contribution in [2.24, 2.45) is 0 Å². The second-order valence-electron chi connectivity index (χ2n) is 3.98. The Labute approximate surface area is 114 Å². The van der Waals surface area contributed by atoms with Gasteiger partial charge in [-0.2, -0.15) is 0 Å². The van der Waals surface area contributed by atoms with Crippen LogP contribution in [0.25, 0.3) is 21.5 Å². The quantitative estimate of drug-likeness (QED) is 0.578. The van der Waals surface area contributed by atoms with Crippen LogP contribution >= 0.6 is 15.9 Å². The lowest BCUT2D eigenvalue weighted by Gasteiger charge is -2.09. The molecule has 0 saturated heterocycles. The van der Waals surface area contributed by atoms with Crippen LogP contribution in [0, 0.1) is 0 Å². The van der Waals surface area contributed by atoms with Crippen LogP contribution < -0.4 is 4.65 Å². The van der Waals surface area contributed by atoms with Crippen molar-refractivity contribution < 1.29 is 9.68 Å². The molecule has 0 saturated carbocycles. The van der Waals surface area contributed by atoms with Crippen LogP contribution in [-0.4, -0.2) is 12.7 Å². The van der Waals surface area contributed by atoms with Crippen molar-refractivity contribution in [2.75, 3.05) is 0 Å². The van der Waals surface area contributed by atoms with E-state index in [-0.39, 0.29) is 0 Å². The van der Waals surface area contributed by atoms with E-state index in [1.807, 2.05) is 42.5 Å². The van der Waals surface area contributed by atoms with Crippen LogP contribution in [0.5, 0.6) is 5.75 Å². The van der Waals surface area contributed by atoms with Gasteiger partial charge in [-0.1, -0.05) is 52.3 Å². The zero-order valence-corrected chi connectivity index (χ0v) is 11.0. The van der Waals surface area contributed by atoms with Gasteiger partial charge in [0.2, 0.25) is 0 Å². The van der Waals surface area contributed by atoms with E-state index >= 15 is 0 Å². The predicted octanol–water partition coefficient (Wildman–Crippen LogP) is 3.66. The molecule has 87 valence electrons. The first-order valence-corrected chi connectivity index (χ1v) is 6.33. The molecule has 0 amide bonds. The highest BCUT2D eigenvalue weighted by atomic mass is 79.9. The molecule has 0 aliphatic heterocycles. The van der Waals surface area contributed by atoms with Crippen molar-refractivity contribution in [3.8, 4) is 5.75 Å². The SMILES string of the molecule is O[B]Oc1cccc2c1ccc1c(Br)cccc12. The molecule has 0 fully saturated rings. The lowest BCUT2D eigenvalue weighted by molar-refractivity contribution is 0.457. The molecule has 3 aromatic carbocycles. The standard InChI is InChI=1S/C14H9BBrO2/c16-13-5-1-3-9-10-4-2-6-14(18-15-17)12(10)8-7-11(9)13/h1-8,17H. The summed E-state index contributed by atoms with van der Waals surface area (Å²) < 4.78 is 6.19. The third kappa shape index (κ3) is 1.78. The number of rotatable bonds is 2. The highest BCUT2D eigenvalue weighted by molar-refractivity contribution is 9.10. The summed E-state index contributed by atoms with van der Waals surface area (Å²) in [5.41, 5.74) is 0. The van der Waals surface area contributed by atoms with E-state index < -0.39 is 0 Å². The third-order valence-corrected chi connectivity index (χ3v) is 3.70. The molecule has 0 atom stereocenters. The Morgan fingerprint density at radius 2 is 1.50 bits per heavy atom. The van der Waals surface area contributed by atoms with Crippen molar-refractivity contribution >= 4 is 45.2 Å².